The van der Waals surface area contributed by atoms with Gasteiger partial charge in [-0.2, -0.15) is 0 Å². The molecule has 104 valence electrons. The lowest BCUT2D eigenvalue weighted by molar-refractivity contribution is -0.115. The highest BCUT2D eigenvalue weighted by Crippen LogP contribution is 2.34. The highest BCUT2D eigenvalue weighted by molar-refractivity contribution is 6.00. The Morgan fingerprint density at radius 2 is 2.05 bits per heavy atom. The van der Waals surface area contributed by atoms with Gasteiger partial charge in [-0.1, -0.05) is 13.8 Å². The molecule has 1 aliphatic rings. The van der Waals surface area contributed by atoms with E-state index < -0.39 is 0 Å². The first-order valence-corrected chi connectivity index (χ1v) is 6.83. The van der Waals surface area contributed by atoms with Gasteiger partial charge in [0.05, 0.1) is 17.8 Å². The number of rotatable bonds is 4. The second-order valence-electron chi connectivity index (χ2n) is 5.88. The van der Waals surface area contributed by atoms with Gasteiger partial charge >= 0.3 is 0 Å². The number of nitrogens with zero attached hydrogens (tertiary/aromatic N) is 1. The average Bonchev–Trinajstić information content (AvgIpc) is 2.65. The molecule has 4 heteroatoms. The van der Waals surface area contributed by atoms with Gasteiger partial charge in [-0.3, -0.25) is 4.79 Å². The van der Waals surface area contributed by atoms with Crippen molar-refractivity contribution >= 4 is 23.0 Å². The zero-order valence-corrected chi connectivity index (χ0v) is 12.2. The number of fused-ring (bicyclic) bond motifs is 1. The molecule has 1 aliphatic heterocycles. The van der Waals surface area contributed by atoms with E-state index in [2.05, 4.69) is 38.0 Å². The minimum absolute atomic E-state index is 0.0458. The number of benzene rings is 1. The third-order valence-corrected chi connectivity index (χ3v) is 3.73. The molecule has 1 amide bonds. The van der Waals surface area contributed by atoms with Crippen LogP contribution in [0.25, 0.3) is 0 Å². The second kappa shape index (κ2) is 5.11. The Bertz CT molecular complexity index is 496. The topological polar surface area (TPSA) is 58.4 Å². The van der Waals surface area contributed by atoms with Crippen LogP contribution < -0.4 is 16.0 Å². The molecule has 0 saturated heterocycles. The van der Waals surface area contributed by atoms with Crippen LogP contribution in [0.2, 0.25) is 0 Å². The number of hydrogen-bond acceptors (Lipinski definition) is 3. The molecule has 1 atom stereocenters. The zero-order valence-electron chi connectivity index (χ0n) is 12.2. The quantitative estimate of drug-likeness (QED) is 0.819. The van der Waals surface area contributed by atoms with Crippen LogP contribution in [0.15, 0.2) is 12.1 Å². The summed E-state index contributed by atoms with van der Waals surface area (Å²) in [6, 6.07) is 4.32. The number of amides is 1. The van der Waals surface area contributed by atoms with Crippen molar-refractivity contribution < 1.29 is 4.79 Å². The lowest BCUT2D eigenvalue weighted by atomic mass is 10.0. The summed E-state index contributed by atoms with van der Waals surface area (Å²) in [6.45, 7) is 6.64. The number of nitrogen functional groups attached to an aromatic ring is 1. The van der Waals surface area contributed by atoms with Crippen LogP contribution in [-0.4, -0.2) is 19.0 Å². The zero-order chi connectivity index (χ0) is 14.2. The maximum absolute atomic E-state index is 11.4. The molecule has 1 unspecified atom stereocenters. The van der Waals surface area contributed by atoms with Crippen molar-refractivity contribution in [1.82, 2.24) is 0 Å². The van der Waals surface area contributed by atoms with Crippen LogP contribution >= 0.6 is 0 Å². The predicted molar refractivity (Wildman–Crippen MR) is 80.5 cm³/mol. The Hall–Kier alpha value is -1.71. The van der Waals surface area contributed by atoms with Gasteiger partial charge in [-0.05, 0) is 37.0 Å². The van der Waals surface area contributed by atoms with Crippen LogP contribution in [0.1, 0.15) is 32.8 Å². The van der Waals surface area contributed by atoms with Crippen LogP contribution in [0.3, 0.4) is 0 Å². The van der Waals surface area contributed by atoms with Crippen molar-refractivity contribution in [3.63, 3.8) is 0 Å². The first-order chi connectivity index (χ1) is 8.88. The lowest BCUT2D eigenvalue weighted by Gasteiger charge is -2.29. The summed E-state index contributed by atoms with van der Waals surface area (Å²) in [6.07, 6.45) is 1.55. The van der Waals surface area contributed by atoms with Crippen molar-refractivity contribution in [2.75, 3.05) is 23.0 Å². The monoisotopic (exact) mass is 261 g/mol. The number of carbonyl (C=O) groups excluding carboxylic acids is 1. The Morgan fingerprint density at radius 3 is 2.68 bits per heavy atom. The molecular weight excluding hydrogens is 238 g/mol. The summed E-state index contributed by atoms with van der Waals surface area (Å²) in [5, 5.41) is 2.88. The third kappa shape index (κ3) is 2.83. The Balaban J connectivity index is 2.25. The lowest BCUT2D eigenvalue weighted by Crippen LogP contribution is -2.30. The molecule has 0 fully saturated rings. The van der Waals surface area contributed by atoms with E-state index in [0.717, 1.165) is 29.0 Å². The van der Waals surface area contributed by atoms with Gasteiger partial charge in [0.1, 0.15) is 0 Å². The van der Waals surface area contributed by atoms with E-state index in [9.17, 15) is 4.79 Å². The Kier molecular flexibility index (Phi) is 3.69. The molecule has 3 N–H and O–H groups in total. The molecule has 2 rings (SSSR count). The standard InChI is InChI=1S/C15H23N3O/c1-9(2)5-10(3)18(4)14-8-13-11(6-12(14)16)7-15(19)17-13/h6,8-10H,5,7,16H2,1-4H3,(H,17,19). The maximum atomic E-state index is 11.4. The fourth-order valence-electron chi connectivity index (χ4n) is 2.67. The van der Waals surface area contributed by atoms with Gasteiger partial charge in [0.15, 0.2) is 0 Å². The van der Waals surface area contributed by atoms with Gasteiger partial charge in [0.25, 0.3) is 0 Å². The first-order valence-electron chi connectivity index (χ1n) is 6.83. The largest absolute Gasteiger partial charge is 0.397 e. The van der Waals surface area contributed by atoms with E-state index in [1.54, 1.807) is 0 Å². The summed E-state index contributed by atoms with van der Waals surface area (Å²) in [5.74, 6) is 0.692. The van der Waals surface area contributed by atoms with E-state index >= 15 is 0 Å². The normalized spacial score (nSPS) is 15.3. The van der Waals surface area contributed by atoms with Crippen molar-refractivity contribution in [1.29, 1.82) is 0 Å². The van der Waals surface area contributed by atoms with Crippen molar-refractivity contribution in [2.45, 2.75) is 39.7 Å². The minimum atomic E-state index is 0.0458. The molecule has 0 bridgehead atoms. The van der Waals surface area contributed by atoms with Gasteiger partial charge in [-0.15, -0.1) is 0 Å². The van der Waals surface area contributed by atoms with E-state index in [0.29, 0.717) is 18.4 Å². The minimum Gasteiger partial charge on any atom is -0.397 e. The Labute approximate surface area is 115 Å². The molecule has 0 spiro atoms. The fraction of sp³-hybridized carbons (Fsp3) is 0.533. The molecule has 19 heavy (non-hydrogen) atoms. The average molecular weight is 261 g/mol. The second-order valence-corrected chi connectivity index (χ2v) is 5.88. The highest BCUT2D eigenvalue weighted by atomic mass is 16.1. The SMILES string of the molecule is CC(C)CC(C)N(C)c1cc2c(cc1N)CC(=O)N2. The summed E-state index contributed by atoms with van der Waals surface area (Å²) in [5.41, 5.74) is 9.76. The summed E-state index contributed by atoms with van der Waals surface area (Å²) in [4.78, 5) is 13.6. The van der Waals surface area contributed by atoms with Crippen LogP contribution in [0.5, 0.6) is 0 Å². The van der Waals surface area contributed by atoms with Gasteiger partial charge in [-0.25, -0.2) is 0 Å². The van der Waals surface area contributed by atoms with Gasteiger partial charge in [0, 0.05) is 18.8 Å². The third-order valence-electron chi connectivity index (χ3n) is 3.73. The summed E-state index contributed by atoms with van der Waals surface area (Å²) >= 11 is 0. The highest BCUT2D eigenvalue weighted by Gasteiger charge is 2.22. The molecule has 4 nitrogen and oxygen atoms in total. The van der Waals surface area contributed by atoms with E-state index in [-0.39, 0.29) is 5.91 Å². The fourth-order valence-corrected chi connectivity index (χ4v) is 2.67. The molecular formula is C15H23N3O. The number of carbonyl (C=O) groups is 1. The molecule has 0 aromatic heterocycles. The molecule has 0 radical (unpaired) electrons. The van der Waals surface area contributed by atoms with Crippen molar-refractivity contribution in [2.24, 2.45) is 5.92 Å². The van der Waals surface area contributed by atoms with Crippen LogP contribution in [0.4, 0.5) is 17.1 Å². The summed E-state index contributed by atoms with van der Waals surface area (Å²) in [7, 11) is 2.06. The smallest absolute Gasteiger partial charge is 0.228 e. The van der Waals surface area contributed by atoms with E-state index in [1.807, 2.05) is 12.1 Å². The molecule has 1 aromatic carbocycles. The van der Waals surface area contributed by atoms with Crippen LogP contribution in [-0.2, 0) is 11.2 Å². The van der Waals surface area contributed by atoms with Gasteiger partial charge < -0.3 is 16.0 Å². The van der Waals surface area contributed by atoms with Crippen molar-refractivity contribution in [3.05, 3.63) is 17.7 Å². The summed E-state index contributed by atoms with van der Waals surface area (Å²) < 4.78 is 0. The maximum Gasteiger partial charge on any atom is 0.228 e. The molecule has 1 heterocycles. The van der Waals surface area contributed by atoms with Gasteiger partial charge in [0.2, 0.25) is 5.91 Å². The Morgan fingerprint density at radius 1 is 1.37 bits per heavy atom. The van der Waals surface area contributed by atoms with E-state index in [4.69, 9.17) is 5.73 Å². The molecule has 1 aromatic rings. The van der Waals surface area contributed by atoms with Crippen molar-refractivity contribution in [3.8, 4) is 0 Å². The number of nitrogens with one attached hydrogen (secondary N) is 1. The number of nitrogens with two attached hydrogens (primary N) is 1. The van der Waals surface area contributed by atoms with E-state index in [1.165, 1.54) is 0 Å². The number of hydrogen-bond donors (Lipinski definition) is 2. The number of anilines is 3. The first kappa shape index (κ1) is 13.7. The predicted octanol–water partition coefficient (Wildman–Crippen LogP) is 2.63. The van der Waals surface area contributed by atoms with Crippen LogP contribution in [0, 0.1) is 5.92 Å². The molecule has 0 aliphatic carbocycles. The molecule has 0 saturated carbocycles.